The van der Waals surface area contributed by atoms with Gasteiger partial charge in [-0.05, 0) is 24.6 Å². The highest BCUT2D eigenvalue weighted by molar-refractivity contribution is 7.07. The van der Waals surface area contributed by atoms with E-state index in [4.69, 9.17) is 0 Å². The summed E-state index contributed by atoms with van der Waals surface area (Å²) in [6.45, 7) is 2.48. The lowest BCUT2D eigenvalue weighted by atomic mass is 10.1. The molecule has 0 atom stereocenters. The molecule has 23 heavy (non-hydrogen) atoms. The number of carbonyl (C=O) groups excluding carboxylic acids is 1. The van der Waals surface area contributed by atoms with Crippen molar-refractivity contribution in [2.75, 3.05) is 5.32 Å². The molecule has 0 radical (unpaired) electrons. The van der Waals surface area contributed by atoms with Gasteiger partial charge in [0.1, 0.15) is 11.4 Å². The summed E-state index contributed by atoms with van der Waals surface area (Å²) in [6.07, 6.45) is 1.71. The third kappa shape index (κ3) is 3.54. The number of benzene rings is 1. The van der Waals surface area contributed by atoms with E-state index in [0.29, 0.717) is 12.2 Å². The van der Waals surface area contributed by atoms with Crippen LogP contribution in [0.15, 0.2) is 58.3 Å². The van der Waals surface area contributed by atoms with Crippen molar-refractivity contribution >= 4 is 22.9 Å². The molecule has 0 saturated carbocycles. The van der Waals surface area contributed by atoms with Gasteiger partial charge in [-0.2, -0.15) is 0 Å². The van der Waals surface area contributed by atoms with E-state index in [0.717, 1.165) is 5.56 Å². The molecule has 0 aliphatic rings. The highest BCUT2D eigenvalue weighted by Crippen LogP contribution is 2.08. The van der Waals surface area contributed by atoms with Crippen LogP contribution in [0.2, 0.25) is 0 Å². The number of nitrogens with one attached hydrogen (secondary N) is 1. The van der Waals surface area contributed by atoms with Gasteiger partial charge in [-0.3, -0.25) is 9.59 Å². The molecule has 0 spiro atoms. The SMILES string of the molecule is Cc1ccc(Cn2cccc(NC(=O)c3cscn3)c2=O)cc1. The average molecular weight is 325 g/mol. The third-order valence-corrected chi connectivity index (χ3v) is 3.99. The first-order chi connectivity index (χ1) is 11.1. The zero-order valence-corrected chi connectivity index (χ0v) is 13.3. The average Bonchev–Trinajstić information content (AvgIpc) is 3.08. The fourth-order valence-corrected chi connectivity index (χ4v) is 2.69. The van der Waals surface area contributed by atoms with E-state index in [1.165, 1.54) is 16.9 Å². The van der Waals surface area contributed by atoms with Crippen molar-refractivity contribution in [1.82, 2.24) is 9.55 Å². The first-order valence-electron chi connectivity index (χ1n) is 7.08. The van der Waals surface area contributed by atoms with Crippen LogP contribution in [0.25, 0.3) is 0 Å². The van der Waals surface area contributed by atoms with E-state index >= 15 is 0 Å². The molecule has 0 aliphatic carbocycles. The van der Waals surface area contributed by atoms with Crippen molar-refractivity contribution < 1.29 is 4.79 Å². The molecule has 0 aliphatic heterocycles. The van der Waals surface area contributed by atoms with Crippen LogP contribution >= 0.6 is 11.3 Å². The largest absolute Gasteiger partial charge is 0.316 e. The molecular formula is C17H15N3O2S. The zero-order valence-electron chi connectivity index (χ0n) is 12.5. The molecular weight excluding hydrogens is 310 g/mol. The molecule has 0 unspecified atom stereocenters. The minimum atomic E-state index is -0.378. The standard InChI is InChI=1S/C17H15N3O2S/c1-12-4-6-13(7-5-12)9-20-8-2-3-14(17(20)22)19-16(21)15-10-23-11-18-15/h2-8,10-11H,9H2,1H3,(H,19,21). The summed E-state index contributed by atoms with van der Waals surface area (Å²) in [5, 5.41) is 4.26. The number of aryl methyl sites for hydroxylation is 1. The highest BCUT2D eigenvalue weighted by atomic mass is 32.1. The number of anilines is 1. The summed E-state index contributed by atoms with van der Waals surface area (Å²) in [4.78, 5) is 28.4. The van der Waals surface area contributed by atoms with Gasteiger partial charge < -0.3 is 9.88 Å². The van der Waals surface area contributed by atoms with Crippen molar-refractivity contribution in [2.45, 2.75) is 13.5 Å². The normalized spacial score (nSPS) is 10.5. The predicted molar refractivity (Wildman–Crippen MR) is 91.1 cm³/mol. The molecule has 1 amide bonds. The number of nitrogens with zero attached hydrogens (tertiary/aromatic N) is 2. The second-order valence-electron chi connectivity index (χ2n) is 5.17. The fourth-order valence-electron chi connectivity index (χ4n) is 2.16. The van der Waals surface area contributed by atoms with Crippen LogP contribution in [-0.4, -0.2) is 15.5 Å². The molecule has 6 heteroatoms. The Morgan fingerprint density at radius 1 is 1.26 bits per heavy atom. The number of carbonyl (C=O) groups is 1. The maximum atomic E-state index is 12.5. The summed E-state index contributed by atoms with van der Waals surface area (Å²) in [5.41, 5.74) is 4.10. The molecule has 116 valence electrons. The predicted octanol–water partition coefficient (Wildman–Crippen LogP) is 2.91. The van der Waals surface area contributed by atoms with Gasteiger partial charge in [0, 0.05) is 11.6 Å². The molecule has 0 bridgehead atoms. The van der Waals surface area contributed by atoms with Gasteiger partial charge in [0.15, 0.2) is 0 Å². The number of rotatable bonds is 4. The van der Waals surface area contributed by atoms with Gasteiger partial charge in [0.25, 0.3) is 11.5 Å². The molecule has 2 aromatic heterocycles. The second kappa shape index (κ2) is 6.58. The third-order valence-electron chi connectivity index (χ3n) is 3.41. The van der Waals surface area contributed by atoms with Crippen LogP contribution in [-0.2, 0) is 6.54 Å². The number of pyridine rings is 1. The molecule has 2 heterocycles. The van der Waals surface area contributed by atoms with E-state index in [1.54, 1.807) is 33.8 Å². The fraction of sp³-hybridized carbons (Fsp3) is 0.118. The Morgan fingerprint density at radius 3 is 2.74 bits per heavy atom. The van der Waals surface area contributed by atoms with Crippen molar-refractivity contribution in [2.24, 2.45) is 0 Å². The first kappa shape index (κ1) is 15.2. The van der Waals surface area contributed by atoms with Crippen LogP contribution in [0.4, 0.5) is 5.69 Å². The number of aromatic nitrogens is 2. The van der Waals surface area contributed by atoms with Gasteiger partial charge >= 0.3 is 0 Å². The van der Waals surface area contributed by atoms with E-state index in [-0.39, 0.29) is 17.2 Å². The van der Waals surface area contributed by atoms with E-state index in [2.05, 4.69) is 10.3 Å². The van der Waals surface area contributed by atoms with Crippen LogP contribution in [0, 0.1) is 6.92 Å². The number of amides is 1. The topological polar surface area (TPSA) is 64.0 Å². The number of hydrogen-bond donors (Lipinski definition) is 1. The Labute approximate surface area is 137 Å². The lowest BCUT2D eigenvalue weighted by Crippen LogP contribution is -2.25. The van der Waals surface area contributed by atoms with E-state index in [1.807, 2.05) is 31.2 Å². The number of hydrogen-bond acceptors (Lipinski definition) is 4. The van der Waals surface area contributed by atoms with Gasteiger partial charge in [-0.1, -0.05) is 29.8 Å². The van der Waals surface area contributed by atoms with Crippen molar-refractivity contribution in [3.8, 4) is 0 Å². The Hall–Kier alpha value is -2.73. The highest BCUT2D eigenvalue weighted by Gasteiger charge is 2.11. The van der Waals surface area contributed by atoms with Gasteiger partial charge in [0.2, 0.25) is 0 Å². The van der Waals surface area contributed by atoms with E-state index < -0.39 is 0 Å². The zero-order chi connectivity index (χ0) is 16.2. The maximum Gasteiger partial charge on any atom is 0.275 e. The van der Waals surface area contributed by atoms with Crippen molar-refractivity contribution in [3.63, 3.8) is 0 Å². The summed E-state index contributed by atoms with van der Waals surface area (Å²) < 4.78 is 1.57. The van der Waals surface area contributed by atoms with Crippen molar-refractivity contribution in [3.05, 3.63) is 80.7 Å². The summed E-state index contributed by atoms with van der Waals surface area (Å²) in [7, 11) is 0. The van der Waals surface area contributed by atoms with Crippen LogP contribution in [0.3, 0.4) is 0 Å². The molecule has 0 fully saturated rings. The van der Waals surface area contributed by atoms with Crippen LogP contribution in [0.5, 0.6) is 0 Å². The molecule has 1 aromatic carbocycles. The summed E-state index contributed by atoms with van der Waals surface area (Å²) in [5.74, 6) is -0.378. The Bertz CT molecular complexity index is 868. The molecule has 3 rings (SSSR count). The smallest absolute Gasteiger partial charge is 0.275 e. The van der Waals surface area contributed by atoms with Gasteiger partial charge in [0.05, 0.1) is 12.1 Å². The Morgan fingerprint density at radius 2 is 2.04 bits per heavy atom. The van der Waals surface area contributed by atoms with Crippen LogP contribution < -0.4 is 10.9 Å². The van der Waals surface area contributed by atoms with Gasteiger partial charge in [-0.25, -0.2) is 4.98 Å². The van der Waals surface area contributed by atoms with Gasteiger partial charge in [-0.15, -0.1) is 11.3 Å². The monoisotopic (exact) mass is 325 g/mol. The Balaban J connectivity index is 1.82. The first-order valence-corrected chi connectivity index (χ1v) is 8.02. The minimum Gasteiger partial charge on any atom is -0.316 e. The second-order valence-corrected chi connectivity index (χ2v) is 5.89. The maximum absolute atomic E-state index is 12.5. The number of thiazole rings is 1. The molecule has 0 saturated heterocycles. The Kier molecular flexibility index (Phi) is 4.34. The molecule has 1 N–H and O–H groups in total. The summed E-state index contributed by atoms with van der Waals surface area (Å²) >= 11 is 1.33. The minimum absolute atomic E-state index is 0.239. The summed E-state index contributed by atoms with van der Waals surface area (Å²) in [6, 6.07) is 11.3. The molecule has 5 nitrogen and oxygen atoms in total. The quantitative estimate of drug-likeness (QED) is 0.802. The lowest BCUT2D eigenvalue weighted by Gasteiger charge is -2.09. The molecule has 3 aromatic rings. The lowest BCUT2D eigenvalue weighted by molar-refractivity contribution is 0.102. The van der Waals surface area contributed by atoms with Crippen molar-refractivity contribution in [1.29, 1.82) is 0 Å². The van der Waals surface area contributed by atoms with E-state index in [9.17, 15) is 9.59 Å². The van der Waals surface area contributed by atoms with Crippen LogP contribution in [0.1, 0.15) is 21.6 Å².